The Morgan fingerprint density at radius 1 is 1.50 bits per heavy atom. The maximum Gasteiger partial charge on any atom is 0.271 e. The van der Waals surface area contributed by atoms with Crippen LogP contribution in [-0.4, -0.2) is 26.7 Å². The average molecular weight is 451 g/mol. The average Bonchev–Trinajstić information content (AvgIpc) is 3.24. The van der Waals surface area contributed by atoms with E-state index >= 15 is 0 Å². The van der Waals surface area contributed by atoms with Crippen LogP contribution in [0.3, 0.4) is 0 Å². The number of carbonyl (C=O) groups is 1. The molecule has 0 saturated carbocycles. The molecular weight excluding hydrogens is 438 g/mol. The van der Waals surface area contributed by atoms with E-state index in [9.17, 15) is 4.79 Å². The van der Waals surface area contributed by atoms with Gasteiger partial charge in [-0.25, -0.2) is 4.98 Å². The molecule has 0 bridgehead atoms. The fraction of sp³-hybridized carbons (Fsp3) is 0.176. The molecule has 0 unspecified atom stereocenters. The summed E-state index contributed by atoms with van der Waals surface area (Å²) in [7, 11) is 0. The summed E-state index contributed by atoms with van der Waals surface area (Å²) in [6.45, 7) is 2.42. The summed E-state index contributed by atoms with van der Waals surface area (Å²) in [4.78, 5) is 16.2. The van der Waals surface area contributed by atoms with Gasteiger partial charge in [0.25, 0.3) is 5.91 Å². The molecule has 2 heterocycles. The SMILES string of the molecule is C[C@@H](Cn1ccc(-c2ccc(C#N)c(Cl)c2)n1)NC(=O)c1csc(Br)n1. The van der Waals surface area contributed by atoms with Crippen molar-refractivity contribution in [3.63, 3.8) is 0 Å². The molecule has 26 heavy (non-hydrogen) atoms. The van der Waals surface area contributed by atoms with E-state index in [0.717, 1.165) is 11.3 Å². The summed E-state index contributed by atoms with van der Waals surface area (Å²) in [5, 5.41) is 18.4. The number of nitrogens with zero attached hydrogens (tertiary/aromatic N) is 4. The number of carbonyl (C=O) groups excluding carboxylic acids is 1. The van der Waals surface area contributed by atoms with Crippen molar-refractivity contribution in [2.24, 2.45) is 0 Å². The van der Waals surface area contributed by atoms with E-state index in [-0.39, 0.29) is 11.9 Å². The van der Waals surface area contributed by atoms with Gasteiger partial charge in [-0.1, -0.05) is 17.7 Å². The van der Waals surface area contributed by atoms with Gasteiger partial charge < -0.3 is 5.32 Å². The van der Waals surface area contributed by atoms with Crippen LogP contribution >= 0.6 is 38.9 Å². The summed E-state index contributed by atoms with van der Waals surface area (Å²) in [6, 6.07) is 8.97. The van der Waals surface area contributed by atoms with Gasteiger partial charge in [-0.2, -0.15) is 10.4 Å². The second-order valence-corrected chi connectivity index (χ2v) is 8.13. The maximum atomic E-state index is 12.1. The highest BCUT2D eigenvalue weighted by Crippen LogP contribution is 2.24. The van der Waals surface area contributed by atoms with Crippen LogP contribution < -0.4 is 5.32 Å². The van der Waals surface area contributed by atoms with Gasteiger partial charge in [0.2, 0.25) is 0 Å². The molecule has 0 aliphatic rings. The second kappa shape index (κ2) is 7.99. The number of thiazole rings is 1. The fourth-order valence-corrected chi connectivity index (χ4v) is 3.58. The number of amides is 1. The molecule has 0 fully saturated rings. The summed E-state index contributed by atoms with van der Waals surface area (Å²) in [5.74, 6) is -0.217. The Morgan fingerprint density at radius 2 is 2.31 bits per heavy atom. The zero-order valence-electron chi connectivity index (χ0n) is 13.6. The van der Waals surface area contributed by atoms with Gasteiger partial charge in [-0.05, 0) is 41.1 Å². The van der Waals surface area contributed by atoms with Crippen LogP contribution in [0.2, 0.25) is 5.02 Å². The fourth-order valence-electron chi connectivity index (χ4n) is 2.36. The molecule has 1 amide bonds. The minimum absolute atomic E-state index is 0.125. The molecule has 0 saturated heterocycles. The van der Waals surface area contributed by atoms with Gasteiger partial charge in [-0.15, -0.1) is 11.3 Å². The Morgan fingerprint density at radius 3 is 2.96 bits per heavy atom. The molecule has 3 rings (SSSR count). The number of halogens is 2. The molecule has 1 aromatic carbocycles. The number of hydrogen-bond donors (Lipinski definition) is 1. The number of benzene rings is 1. The van der Waals surface area contributed by atoms with E-state index in [4.69, 9.17) is 16.9 Å². The first-order valence-electron chi connectivity index (χ1n) is 7.61. The van der Waals surface area contributed by atoms with E-state index in [1.54, 1.807) is 22.2 Å². The molecule has 0 aliphatic carbocycles. The van der Waals surface area contributed by atoms with Crippen LogP contribution in [-0.2, 0) is 6.54 Å². The van der Waals surface area contributed by atoms with Crippen molar-refractivity contribution in [1.82, 2.24) is 20.1 Å². The highest BCUT2D eigenvalue weighted by atomic mass is 79.9. The van der Waals surface area contributed by atoms with Crippen molar-refractivity contribution < 1.29 is 4.79 Å². The zero-order valence-corrected chi connectivity index (χ0v) is 16.8. The molecular formula is C17H13BrClN5OS. The Kier molecular flexibility index (Phi) is 5.71. The summed E-state index contributed by atoms with van der Waals surface area (Å²) < 4.78 is 2.43. The molecule has 0 radical (unpaired) electrons. The van der Waals surface area contributed by atoms with Gasteiger partial charge in [0.05, 0.1) is 22.8 Å². The lowest BCUT2D eigenvalue weighted by atomic mass is 10.1. The first kappa shape index (κ1) is 18.6. The predicted molar refractivity (Wildman–Crippen MR) is 104 cm³/mol. The van der Waals surface area contributed by atoms with Crippen LogP contribution in [0.15, 0.2) is 39.8 Å². The molecule has 0 spiro atoms. The Hall–Kier alpha value is -2.21. The number of hydrogen-bond acceptors (Lipinski definition) is 5. The van der Waals surface area contributed by atoms with Crippen molar-refractivity contribution in [3.05, 3.63) is 56.0 Å². The Bertz CT molecular complexity index is 993. The van der Waals surface area contributed by atoms with Crippen LogP contribution in [0.5, 0.6) is 0 Å². The number of aromatic nitrogens is 3. The van der Waals surface area contributed by atoms with Gasteiger partial charge in [0.15, 0.2) is 3.92 Å². The molecule has 0 aliphatic heterocycles. The largest absolute Gasteiger partial charge is 0.346 e. The van der Waals surface area contributed by atoms with Crippen LogP contribution in [0, 0.1) is 11.3 Å². The highest BCUT2D eigenvalue weighted by molar-refractivity contribution is 9.11. The molecule has 1 N–H and O–H groups in total. The molecule has 9 heteroatoms. The van der Waals surface area contributed by atoms with Gasteiger partial charge in [0.1, 0.15) is 11.8 Å². The standard InChI is InChI=1S/C17H13BrClN5OS/c1-10(21-16(25)15-9-26-17(18)22-15)8-24-5-4-14(23-24)11-2-3-12(7-20)13(19)6-11/h2-6,9-10H,8H2,1H3,(H,21,25)/t10-/m0/s1. The van der Waals surface area contributed by atoms with Crippen LogP contribution in [0.4, 0.5) is 0 Å². The first-order chi connectivity index (χ1) is 12.5. The third kappa shape index (κ3) is 4.30. The van der Waals surface area contributed by atoms with Crippen molar-refractivity contribution in [2.75, 3.05) is 0 Å². The number of nitriles is 1. The first-order valence-corrected chi connectivity index (χ1v) is 9.66. The topological polar surface area (TPSA) is 83.6 Å². The molecule has 3 aromatic rings. The van der Waals surface area contributed by atoms with Gasteiger partial charge in [0, 0.05) is 23.2 Å². The lowest BCUT2D eigenvalue weighted by molar-refractivity contribution is 0.0931. The maximum absolute atomic E-state index is 12.1. The third-order valence-corrected chi connectivity index (χ3v) is 5.25. The van der Waals surface area contributed by atoms with E-state index in [1.807, 2.05) is 31.3 Å². The molecule has 2 aromatic heterocycles. The zero-order chi connectivity index (χ0) is 18.7. The number of rotatable bonds is 5. The van der Waals surface area contributed by atoms with Crippen LogP contribution in [0.25, 0.3) is 11.3 Å². The predicted octanol–water partition coefficient (Wildman–Crippen LogP) is 4.11. The monoisotopic (exact) mass is 449 g/mol. The normalized spacial score (nSPS) is 11.8. The van der Waals surface area contributed by atoms with E-state index in [2.05, 4.69) is 31.3 Å². The lowest BCUT2D eigenvalue weighted by Crippen LogP contribution is -2.36. The Balaban J connectivity index is 1.65. The van der Waals surface area contributed by atoms with E-state index < -0.39 is 0 Å². The minimum Gasteiger partial charge on any atom is -0.346 e. The van der Waals surface area contributed by atoms with Crippen LogP contribution in [0.1, 0.15) is 23.0 Å². The van der Waals surface area contributed by atoms with Crippen molar-refractivity contribution >= 4 is 44.8 Å². The van der Waals surface area contributed by atoms with Gasteiger partial charge >= 0.3 is 0 Å². The second-order valence-electron chi connectivity index (χ2n) is 5.59. The van der Waals surface area contributed by atoms with E-state index in [1.165, 1.54) is 11.3 Å². The third-order valence-electron chi connectivity index (χ3n) is 3.57. The molecule has 132 valence electrons. The summed E-state index contributed by atoms with van der Waals surface area (Å²) >= 11 is 10.7. The van der Waals surface area contributed by atoms with Crippen molar-refractivity contribution in [1.29, 1.82) is 5.26 Å². The summed E-state index contributed by atoms with van der Waals surface area (Å²) in [6.07, 6.45) is 1.84. The Labute approximate surface area is 167 Å². The highest BCUT2D eigenvalue weighted by Gasteiger charge is 2.14. The van der Waals surface area contributed by atoms with Gasteiger partial charge in [-0.3, -0.25) is 9.48 Å². The smallest absolute Gasteiger partial charge is 0.271 e. The summed E-state index contributed by atoms with van der Waals surface area (Å²) in [5.41, 5.74) is 2.40. The van der Waals surface area contributed by atoms with Crippen molar-refractivity contribution in [2.45, 2.75) is 19.5 Å². The lowest BCUT2D eigenvalue weighted by Gasteiger charge is -2.13. The van der Waals surface area contributed by atoms with E-state index in [0.29, 0.717) is 26.7 Å². The minimum atomic E-state index is -0.217. The molecule has 6 nitrogen and oxygen atoms in total. The molecule has 1 atom stereocenters. The quantitative estimate of drug-likeness (QED) is 0.634. The van der Waals surface area contributed by atoms with Crippen molar-refractivity contribution in [3.8, 4) is 17.3 Å². The number of nitrogens with one attached hydrogen (secondary N) is 1.